The quantitative estimate of drug-likeness (QED) is 0.317. The Hall–Kier alpha value is -0.350. The van der Waals surface area contributed by atoms with Crippen molar-refractivity contribution in [2.75, 3.05) is 0 Å². The molecule has 0 bridgehead atoms. The minimum absolute atomic E-state index is 0.546. The molecule has 0 atom stereocenters. The molecular formula is C3H2NOS2. The molecule has 0 fully saturated rings. The van der Waals surface area contributed by atoms with E-state index >= 15 is 0 Å². The molecule has 2 nitrogen and oxygen atoms in total. The molecule has 0 aromatic carbocycles. The van der Waals surface area contributed by atoms with Crippen LogP contribution in [0.2, 0.25) is 0 Å². The molecule has 37 valence electrons. The van der Waals surface area contributed by atoms with Gasteiger partial charge in [0, 0.05) is 11.4 Å². The van der Waals surface area contributed by atoms with E-state index in [-0.39, 0.29) is 0 Å². The van der Waals surface area contributed by atoms with Gasteiger partial charge in [0.15, 0.2) is 4.67 Å². The first kappa shape index (κ1) is 4.80. The van der Waals surface area contributed by atoms with Gasteiger partial charge in [-0.3, -0.25) is 0 Å². The molecule has 0 spiro atoms. The van der Waals surface area contributed by atoms with Crippen molar-refractivity contribution in [1.29, 1.82) is 0 Å². The van der Waals surface area contributed by atoms with Crippen LogP contribution in [-0.4, -0.2) is 5.21 Å². The summed E-state index contributed by atoms with van der Waals surface area (Å²) >= 11 is 0. The van der Waals surface area contributed by atoms with Crippen molar-refractivity contribution >= 4 is 20.7 Å². The van der Waals surface area contributed by atoms with Crippen molar-refractivity contribution in [3.05, 3.63) is 16.1 Å². The molecule has 7 heavy (non-hydrogen) atoms. The van der Waals surface area contributed by atoms with Gasteiger partial charge >= 0.3 is 0 Å². The van der Waals surface area contributed by atoms with Gasteiger partial charge in [0.05, 0.1) is 0 Å². The van der Waals surface area contributed by atoms with Gasteiger partial charge in [-0.05, 0) is 0 Å². The van der Waals surface area contributed by atoms with Gasteiger partial charge < -0.3 is 5.21 Å². The van der Waals surface area contributed by atoms with Crippen LogP contribution >= 0.6 is 20.7 Å². The third-order valence-corrected chi connectivity index (χ3v) is 2.17. The topological polar surface area (TPSA) is 32.6 Å². The highest BCUT2D eigenvalue weighted by molar-refractivity contribution is 7.67. The lowest BCUT2D eigenvalue weighted by atomic mass is 10.8. The summed E-state index contributed by atoms with van der Waals surface area (Å²) in [5, 5.41) is 12.7. The van der Waals surface area contributed by atoms with E-state index in [9.17, 15) is 0 Å². The van der Waals surface area contributed by atoms with Crippen LogP contribution in [0.25, 0.3) is 0 Å². The lowest BCUT2D eigenvalue weighted by Gasteiger charge is -1.59. The van der Waals surface area contributed by atoms with E-state index in [1.807, 2.05) is 0 Å². The molecule has 0 aliphatic heterocycles. The molecule has 0 saturated carbocycles. The third-order valence-electron chi connectivity index (χ3n) is 0.448. The van der Waals surface area contributed by atoms with Crippen LogP contribution in [0.15, 0.2) is 10.5 Å². The lowest BCUT2D eigenvalue weighted by Crippen LogP contribution is -1.86. The predicted octanol–water partition coefficient (Wildman–Crippen LogP) is 0.900. The van der Waals surface area contributed by atoms with Gasteiger partial charge in [-0.25, -0.2) is 0 Å². The van der Waals surface area contributed by atoms with Crippen LogP contribution in [0, 0.1) is 6.07 Å². The van der Waals surface area contributed by atoms with Crippen molar-refractivity contribution in [2.24, 2.45) is 5.16 Å². The van der Waals surface area contributed by atoms with Crippen LogP contribution in [0.1, 0.15) is 0 Å². The smallest absolute Gasteiger partial charge is 0.174 e. The fourth-order valence-corrected chi connectivity index (χ4v) is 1.53. The van der Waals surface area contributed by atoms with Gasteiger partial charge in [-0.2, -0.15) is 0 Å². The van der Waals surface area contributed by atoms with E-state index in [4.69, 9.17) is 5.21 Å². The number of nitrogens with zero attached hydrogens (tertiary/aromatic N) is 1. The van der Waals surface area contributed by atoms with Crippen LogP contribution < -0.4 is 4.67 Å². The first-order chi connectivity index (χ1) is 3.43. The summed E-state index contributed by atoms with van der Waals surface area (Å²) < 4.78 is 0.546. The van der Waals surface area contributed by atoms with Crippen LogP contribution in [0.5, 0.6) is 0 Å². The Bertz CT molecular complexity index is 172. The SMILES string of the molecule is ON=c1[c]css1. The Morgan fingerprint density at radius 1 is 1.86 bits per heavy atom. The molecule has 0 saturated heterocycles. The second-order valence-electron chi connectivity index (χ2n) is 0.847. The van der Waals surface area contributed by atoms with E-state index in [1.54, 1.807) is 5.38 Å². The Kier molecular flexibility index (Phi) is 1.43. The molecule has 0 aliphatic rings. The van der Waals surface area contributed by atoms with Gasteiger partial charge in [0.1, 0.15) is 0 Å². The molecule has 0 unspecified atom stereocenters. The lowest BCUT2D eigenvalue weighted by molar-refractivity contribution is 0.304. The zero-order valence-corrected chi connectivity index (χ0v) is 4.92. The Balaban J connectivity index is 3.22. The maximum absolute atomic E-state index is 8.04. The summed E-state index contributed by atoms with van der Waals surface area (Å²) in [5.41, 5.74) is 0. The fourth-order valence-electron chi connectivity index (χ4n) is 0.214. The molecule has 4 heteroatoms. The molecular weight excluding hydrogens is 130 g/mol. The number of hydrogen-bond acceptors (Lipinski definition) is 4. The van der Waals surface area contributed by atoms with Crippen molar-refractivity contribution in [3.8, 4) is 0 Å². The largest absolute Gasteiger partial charge is 0.410 e. The average molecular weight is 132 g/mol. The van der Waals surface area contributed by atoms with E-state index in [0.717, 1.165) is 0 Å². The van der Waals surface area contributed by atoms with Gasteiger partial charge in [0.2, 0.25) is 0 Å². The van der Waals surface area contributed by atoms with E-state index in [2.05, 4.69) is 11.2 Å². The summed E-state index contributed by atoms with van der Waals surface area (Å²) in [7, 11) is 2.89. The van der Waals surface area contributed by atoms with E-state index in [1.165, 1.54) is 20.7 Å². The van der Waals surface area contributed by atoms with Crippen LogP contribution in [0.4, 0.5) is 0 Å². The number of rotatable bonds is 0. The second-order valence-corrected chi connectivity index (χ2v) is 2.91. The summed E-state index contributed by atoms with van der Waals surface area (Å²) in [6, 6.07) is 2.71. The standard InChI is InChI=1S/C3H2NOS2/c5-4-3-1-2-6-7-3/h2,5H. The summed E-state index contributed by atoms with van der Waals surface area (Å²) in [5.74, 6) is 0. The zero-order valence-electron chi connectivity index (χ0n) is 3.29. The van der Waals surface area contributed by atoms with Gasteiger partial charge in [-0.1, -0.05) is 25.8 Å². The van der Waals surface area contributed by atoms with E-state index in [0.29, 0.717) is 4.67 Å². The summed E-state index contributed by atoms with van der Waals surface area (Å²) in [4.78, 5) is 0. The van der Waals surface area contributed by atoms with Crippen molar-refractivity contribution < 1.29 is 5.21 Å². The van der Waals surface area contributed by atoms with Gasteiger partial charge in [0.25, 0.3) is 0 Å². The van der Waals surface area contributed by atoms with Crippen LogP contribution in [-0.2, 0) is 0 Å². The zero-order chi connectivity index (χ0) is 5.11. The minimum Gasteiger partial charge on any atom is -0.410 e. The van der Waals surface area contributed by atoms with Crippen molar-refractivity contribution in [2.45, 2.75) is 0 Å². The predicted molar refractivity (Wildman–Crippen MR) is 28.4 cm³/mol. The molecule has 1 N–H and O–H groups in total. The average Bonchev–Trinajstić information content (AvgIpc) is 2.14. The molecule has 0 amide bonds. The van der Waals surface area contributed by atoms with Gasteiger partial charge in [-0.15, -0.1) is 0 Å². The third kappa shape index (κ3) is 1.01. The molecule has 1 aromatic heterocycles. The maximum atomic E-state index is 8.04. The van der Waals surface area contributed by atoms with Crippen LogP contribution in [0.3, 0.4) is 0 Å². The first-order valence-electron chi connectivity index (χ1n) is 1.57. The maximum Gasteiger partial charge on any atom is 0.174 e. The minimum atomic E-state index is 0.546. The summed E-state index contributed by atoms with van der Waals surface area (Å²) in [6.45, 7) is 0. The summed E-state index contributed by atoms with van der Waals surface area (Å²) in [6.07, 6.45) is 0. The Labute approximate surface area is 47.7 Å². The normalized spacial score (nSPS) is 12.3. The van der Waals surface area contributed by atoms with Crippen molar-refractivity contribution in [1.82, 2.24) is 0 Å². The molecule has 1 aromatic rings. The second kappa shape index (κ2) is 2.09. The highest BCUT2D eigenvalue weighted by Gasteiger charge is 1.76. The molecule has 1 heterocycles. The van der Waals surface area contributed by atoms with Crippen molar-refractivity contribution in [3.63, 3.8) is 0 Å². The Morgan fingerprint density at radius 2 is 2.71 bits per heavy atom. The number of hydrogen-bond donors (Lipinski definition) is 1. The highest BCUT2D eigenvalue weighted by Crippen LogP contribution is 1.95. The highest BCUT2D eigenvalue weighted by atomic mass is 32.9. The fraction of sp³-hybridized carbons (Fsp3) is 0. The monoisotopic (exact) mass is 132 g/mol. The Morgan fingerprint density at radius 3 is 3.00 bits per heavy atom. The molecule has 0 aliphatic carbocycles. The first-order valence-corrected chi connectivity index (χ1v) is 3.78. The molecule has 1 radical (unpaired) electrons. The molecule has 1 rings (SSSR count). The van der Waals surface area contributed by atoms with E-state index < -0.39 is 0 Å².